The second kappa shape index (κ2) is 8.07. The number of amides is 1. The average molecular weight is 406 g/mol. The molecule has 148 valence electrons. The molecule has 1 amide bonds. The number of benzene rings is 1. The molecule has 0 unspecified atom stereocenters. The molecule has 0 radical (unpaired) electrons. The average Bonchev–Trinajstić information content (AvgIpc) is 3.12. The van der Waals surface area contributed by atoms with E-state index in [1.165, 1.54) is 37.7 Å². The fraction of sp³-hybridized carbons (Fsp3) is 0.381. The van der Waals surface area contributed by atoms with E-state index in [4.69, 9.17) is 0 Å². The molecule has 0 aromatic heterocycles. The van der Waals surface area contributed by atoms with Crippen molar-refractivity contribution in [2.45, 2.75) is 50.2 Å². The molecule has 0 saturated heterocycles. The molecule has 2 N–H and O–H groups in total. The van der Waals surface area contributed by atoms with Crippen LogP contribution in [0.1, 0.15) is 44.9 Å². The van der Waals surface area contributed by atoms with E-state index >= 15 is 0 Å². The standard InChI is InChI=1S/C21H21F3N2OS/c22-16-9-14(10-17(23)19(16)24)26-21(27)13-8-18(28-15-6-1-2-7-15)20(25-11-13)12-4-3-5-12/h8-11,15,25H,1-7H2,(H,26,27). The van der Waals surface area contributed by atoms with Crippen LogP contribution in [0.3, 0.4) is 0 Å². The molecule has 0 bridgehead atoms. The number of hydrogen-bond donors (Lipinski definition) is 2. The maximum Gasteiger partial charge on any atom is 0.257 e. The van der Waals surface area contributed by atoms with Gasteiger partial charge in [0.1, 0.15) is 0 Å². The molecule has 1 aromatic rings. The fourth-order valence-electron chi connectivity index (χ4n) is 3.60. The third-order valence-electron chi connectivity index (χ3n) is 5.32. The van der Waals surface area contributed by atoms with E-state index in [2.05, 4.69) is 10.6 Å². The molecule has 3 nitrogen and oxygen atoms in total. The minimum atomic E-state index is -1.55. The number of thioether (sulfide) groups is 1. The maximum atomic E-state index is 13.4. The summed E-state index contributed by atoms with van der Waals surface area (Å²) >= 11 is 1.80. The highest BCUT2D eigenvalue weighted by Gasteiger charge is 2.26. The molecular formula is C21H21F3N2OS. The van der Waals surface area contributed by atoms with E-state index in [0.29, 0.717) is 10.8 Å². The number of anilines is 1. The number of hydrogen-bond acceptors (Lipinski definition) is 3. The third-order valence-corrected chi connectivity index (χ3v) is 6.70. The topological polar surface area (TPSA) is 41.1 Å². The van der Waals surface area contributed by atoms with Crippen molar-refractivity contribution in [2.75, 3.05) is 5.32 Å². The zero-order valence-corrected chi connectivity index (χ0v) is 16.1. The predicted molar refractivity (Wildman–Crippen MR) is 105 cm³/mol. The Hall–Kier alpha value is -2.15. The second-order valence-corrected chi connectivity index (χ2v) is 8.66. The minimum absolute atomic E-state index is 0.121. The van der Waals surface area contributed by atoms with Gasteiger partial charge in [-0.15, -0.1) is 11.8 Å². The molecule has 3 aliphatic rings. The van der Waals surface area contributed by atoms with Gasteiger partial charge in [0.2, 0.25) is 0 Å². The van der Waals surface area contributed by atoms with Crippen LogP contribution in [0.2, 0.25) is 0 Å². The van der Waals surface area contributed by atoms with Crippen LogP contribution >= 0.6 is 11.8 Å². The lowest BCUT2D eigenvalue weighted by Crippen LogP contribution is -2.23. The summed E-state index contributed by atoms with van der Waals surface area (Å²) < 4.78 is 39.9. The van der Waals surface area contributed by atoms with Crippen LogP contribution in [-0.4, -0.2) is 11.2 Å². The Balaban J connectivity index is 1.54. The van der Waals surface area contributed by atoms with Crippen molar-refractivity contribution < 1.29 is 18.0 Å². The van der Waals surface area contributed by atoms with Crippen molar-refractivity contribution in [1.82, 2.24) is 5.32 Å². The predicted octanol–water partition coefficient (Wildman–Crippen LogP) is 5.53. The van der Waals surface area contributed by atoms with Crippen molar-refractivity contribution in [3.05, 3.63) is 63.6 Å². The lowest BCUT2D eigenvalue weighted by Gasteiger charge is -2.27. The highest BCUT2D eigenvalue weighted by atomic mass is 32.2. The summed E-state index contributed by atoms with van der Waals surface area (Å²) in [6, 6.07) is 1.54. The molecular weight excluding hydrogens is 385 g/mol. The molecule has 1 aliphatic heterocycles. The van der Waals surface area contributed by atoms with Crippen LogP contribution in [0.15, 0.2) is 46.2 Å². The molecule has 1 heterocycles. The van der Waals surface area contributed by atoms with Crippen molar-refractivity contribution >= 4 is 23.4 Å². The lowest BCUT2D eigenvalue weighted by molar-refractivity contribution is -0.112. The third kappa shape index (κ3) is 3.99. The summed E-state index contributed by atoms with van der Waals surface area (Å²) in [7, 11) is 0. The van der Waals surface area contributed by atoms with Gasteiger partial charge in [0.15, 0.2) is 17.5 Å². The van der Waals surface area contributed by atoms with Crippen LogP contribution in [0, 0.1) is 17.5 Å². The van der Waals surface area contributed by atoms with E-state index in [1.807, 2.05) is 6.08 Å². The van der Waals surface area contributed by atoms with Gasteiger partial charge in [0.25, 0.3) is 5.91 Å². The minimum Gasteiger partial charge on any atom is -0.360 e. The van der Waals surface area contributed by atoms with E-state index in [9.17, 15) is 18.0 Å². The number of halogens is 3. The largest absolute Gasteiger partial charge is 0.360 e. The van der Waals surface area contributed by atoms with Gasteiger partial charge >= 0.3 is 0 Å². The number of rotatable bonds is 4. The Morgan fingerprint density at radius 2 is 1.75 bits per heavy atom. The van der Waals surface area contributed by atoms with Gasteiger partial charge in [-0.1, -0.05) is 12.8 Å². The van der Waals surface area contributed by atoms with E-state index < -0.39 is 23.4 Å². The van der Waals surface area contributed by atoms with Gasteiger partial charge in [-0.2, -0.15) is 0 Å². The quantitative estimate of drug-likeness (QED) is 0.646. The van der Waals surface area contributed by atoms with Gasteiger partial charge in [-0.05, 0) is 43.8 Å². The first kappa shape index (κ1) is 19.2. The molecule has 2 fully saturated rings. The Morgan fingerprint density at radius 1 is 1.07 bits per heavy atom. The number of allylic oxidation sites excluding steroid dienone is 1. The summed E-state index contributed by atoms with van der Waals surface area (Å²) in [6.07, 6.45) is 11.6. The van der Waals surface area contributed by atoms with Crippen LogP contribution in [0.5, 0.6) is 0 Å². The van der Waals surface area contributed by atoms with Crippen molar-refractivity contribution in [2.24, 2.45) is 0 Å². The number of carbonyl (C=O) groups excluding carboxylic acids is 1. The Bertz CT molecular complexity index is 872. The molecule has 0 atom stereocenters. The summed E-state index contributed by atoms with van der Waals surface area (Å²) in [5.74, 6) is -4.73. The van der Waals surface area contributed by atoms with Crippen molar-refractivity contribution in [3.8, 4) is 0 Å². The molecule has 0 spiro atoms. The van der Waals surface area contributed by atoms with Gasteiger partial charge in [0.05, 0.1) is 11.3 Å². The first-order valence-electron chi connectivity index (χ1n) is 9.54. The van der Waals surface area contributed by atoms with E-state index in [0.717, 1.165) is 35.6 Å². The fourth-order valence-corrected chi connectivity index (χ4v) is 5.04. The molecule has 2 aliphatic carbocycles. The lowest BCUT2D eigenvalue weighted by atomic mass is 9.89. The highest BCUT2D eigenvalue weighted by Crippen LogP contribution is 2.42. The smallest absolute Gasteiger partial charge is 0.257 e. The maximum absolute atomic E-state index is 13.4. The van der Waals surface area contributed by atoms with Crippen molar-refractivity contribution in [3.63, 3.8) is 0 Å². The summed E-state index contributed by atoms with van der Waals surface area (Å²) in [5.41, 5.74) is 2.71. The number of nitrogens with one attached hydrogen (secondary N) is 2. The first-order chi connectivity index (χ1) is 13.5. The molecule has 1 aromatic carbocycles. The van der Waals surface area contributed by atoms with E-state index in [1.54, 1.807) is 18.0 Å². The van der Waals surface area contributed by atoms with Crippen LogP contribution < -0.4 is 10.6 Å². The normalized spacial score (nSPS) is 19.7. The Morgan fingerprint density at radius 3 is 2.36 bits per heavy atom. The van der Waals surface area contributed by atoms with E-state index in [-0.39, 0.29) is 5.69 Å². The Kier molecular flexibility index (Phi) is 5.53. The zero-order valence-electron chi connectivity index (χ0n) is 15.3. The Labute approximate surface area is 166 Å². The monoisotopic (exact) mass is 406 g/mol. The summed E-state index contributed by atoms with van der Waals surface area (Å²) in [6.45, 7) is 0. The van der Waals surface area contributed by atoms with Crippen LogP contribution in [0.4, 0.5) is 18.9 Å². The van der Waals surface area contributed by atoms with Crippen molar-refractivity contribution in [1.29, 1.82) is 0 Å². The van der Waals surface area contributed by atoms with Gasteiger partial charge in [0, 0.05) is 34.2 Å². The molecule has 2 saturated carbocycles. The second-order valence-electron chi connectivity index (χ2n) is 7.32. The van der Waals surface area contributed by atoms with Gasteiger partial charge in [-0.3, -0.25) is 4.79 Å². The van der Waals surface area contributed by atoms with Crippen LogP contribution in [0.25, 0.3) is 0 Å². The first-order valence-corrected chi connectivity index (χ1v) is 10.4. The number of carbonyl (C=O) groups is 1. The highest BCUT2D eigenvalue weighted by molar-refractivity contribution is 8.03. The van der Waals surface area contributed by atoms with Gasteiger partial charge < -0.3 is 10.6 Å². The van der Waals surface area contributed by atoms with Gasteiger partial charge in [-0.25, -0.2) is 13.2 Å². The molecule has 7 heteroatoms. The summed E-state index contributed by atoms with van der Waals surface area (Å²) in [4.78, 5) is 13.6. The molecule has 28 heavy (non-hydrogen) atoms. The zero-order chi connectivity index (χ0) is 19.7. The SMILES string of the molecule is O=C(Nc1cc(F)c(F)c(F)c1)C1=CNC(=C2CCC2)C(SC2CCCC2)=C1. The molecule has 4 rings (SSSR count). The van der Waals surface area contributed by atoms with Crippen LogP contribution in [-0.2, 0) is 4.79 Å². The summed E-state index contributed by atoms with van der Waals surface area (Å²) in [5, 5.41) is 6.24. The number of dihydropyridines is 1.